The molecular weight excluding hydrogens is 514 g/mol. The lowest BCUT2D eigenvalue weighted by Gasteiger charge is -2.29. The Hall–Kier alpha value is -2.88. The average Bonchev–Trinajstić information content (AvgIpc) is 3.63. The molecule has 3 aromatic rings. The third-order valence-corrected chi connectivity index (χ3v) is 8.43. The van der Waals surface area contributed by atoms with E-state index in [2.05, 4.69) is 10.1 Å². The van der Waals surface area contributed by atoms with Crippen LogP contribution in [0.4, 0.5) is 0 Å². The van der Waals surface area contributed by atoms with Gasteiger partial charge in [0.15, 0.2) is 5.78 Å². The number of β-amino-alcohol motifs (C(OH)–C–C–N with tert-alkyl or cyclic N) is 1. The molecule has 0 saturated carbocycles. The predicted molar refractivity (Wildman–Crippen MR) is 150 cm³/mol. The Bertz CT molecular complexity index is 1290. The minimum Gasteiger partial charge on any atom is -0.391 e. The lowest BCUT2D eigenvalue weighted by molar-refractivity contribution is -0.140. The maximum atomic E-state index is 13.8. The minimum atomic E-state index is -0.745. The highest BCUT2D eigenvalue weighted by atomic mass is 32.1. The minimum absolute atomic E-state index is 0.0584. The molecule has 1 aromatic carbocycles. The monoisotopic (exact) mass is 553 g/mol. The van der Waals surface area contributed by atoms with Crippen LogP contribution in [0.1, 0.15) is 88.9 Å². The molecule has 0 radical (unpaired) electrons. The number of carbonyl (C=O) groups is 2. The van der Waals surface area contributed by atoms with Crippen molar-refractivity contribution >= 4 is 23.0 Å². The van der Waals surface area contributed by atoms with Gasteiger partial charge in [0.05, 0.1) is 40.5 Å². The fraction of sp³-hybridized carbons (Fsp3) is 0.533. The summed E-state index contributed by atoms with van der Waals surface area (Å²) in [7, 11) is 0. The number of amides is 1. The molecule has 1 fully saturated rings. The molecule has 1 amide bonds. The standard InChI is InChI=1S/C30H39N3O5S/c1-17(2)27(25-13-26(32-38-25)30(4,5)6)29(37)33-14-21(35)12-23(33)24(36)11-18(3)19-7-9-20(10-8-19)28-22(15-34)31-16-39-28/h7-10,13,16-18,21,23,27,34-35H,11-12,14-15H2,1-6H3. The van der Waals surface area contributed by atoms with Gasteiger partial charge in [-0.05, 0) is 23.0 Å². The molecule has 0 spiro atoms. The Labute approximate surface area is 234 Å². The van der Waals surface area contributed by atoms with Gasteiger partial charge in [0.2, 0.25) is 5.91 Å². The van der Waals surface area contributed by atoms with Crippen molar-refractivity contribution in [3.05, 3.63) is 58.6 Å². The van der Waals surface area contributed by atoms with Crippen LogP contribution in [0, 0.1) is 5.92 Å². The van der Waals surface area contributed by atoms with Crippen molar-refractivity contribution in [3.63, 3.8) is 0 Å². The van der Waals surface area contributed by atoms with Gasteiger partial charge in [0, 0.05) is 30.9 Å². The summed E-state index contributed by atoms with van der Waals surface area (Å²) in [5.74, 6) is -0.505. The topological polar surface area (TPSA) is 117 Å². The number of hydrogen-bond donors (Lipinski definition) is 2. The van der Waals surface area contributed by atoms with Crippen molar-refractivity contribution < 1.29 is 24.3 Å². The van der Waals surface area contributed by atoms with E-state index in [0.29, 0.717) is 11.5 Å². The van der Waals surface area contributed by atoms with Crippen LogP contribution in [0.3, 0.4) is 0 Å². The normalized spacial score (nSPS) is 19.5. The molecule has 210 valence electrons. The van der Waals surface area contributed by atoms with E-state index in [4.69, 9.17) is 4.52 Å². The zero-order valence-corrected chi connectivity index (χ0v) is 24.4. The number of benzene rings is 1. The summed E-state index contributed by atoms with van der Waals surface area (Å²) in [5.41, 5.74) is 4.91. The lowest BCUT2D eigenvalue weighted by Crippen LogP contribution is -2.44. The SMILES string of the molecule is CC(CC(=O)C1CC(O)CN1C(=O)C(c1cc(C(C)(C)C)no1)C(C)C)c1ccc(-c2scnc2CO)cc1. The average molecular weight is 554 g/mol. The predicted octanol–water partition coefficient (Wildman–Crippen LogP) is 5.05. The molecule has 1 aliphatic rings. The number of thiazole rings is 1. The number of nitrogens with zero attached hydrogens (tertiary/aromatic N) is 3. The second-order valence-electron chi connectivity index (χ2n) is 12.0. The number of aliphatic hydroxyl groups excluding tert-OH is 2. The number of Topliss-reactive ketones (excluding diaryl/α,β-unsaturated/α-hetero) is 1. The summed E-state index contributed by atoms with van der Waals surface area (Å²) in [6.07, 6.45) is -0.253. The second-order valence-corrected chi connectivity index (χ2v) is 12.8. The van der Waals surface area contributed by atoms with Crippen LogP contribution in [-0.2, 0) is 21.6 Å². The number of likely N-dealkylation sites (tertiary alicyclic amines) is 1. The van der Waals surface area contributed by atoms with Crippen molar-refractivity contribution in [2.45, 2.75) is 90.4 Å². The van der Waals surface area contributed by atoms with Crippen LogP contribution in [0.25, 0.3) is 10.4 Å². The Morgan fingerprint density at radius 2 is 1.87 bits per heavy atom. The fourth-order valence-corrected chi connectivity index (χ4v) is 6.01. The summed E-state index contributed by atoms with van der Waals surface area (Å²) in [6, 6.07) is 9.11. The zero-order chi connectivity index (χ0) is 28.5. The van der Waals surface area contributed by atoms with Crippen LogP contribution in [-0.4, -0.2) is 55.6 Å². The van der Waals surface area contributed by atoms with E-state index in [0.717, 1.165) is 21.7 Å². The lowest BCUT2D eigenvalue weighted by atomic mass is 9.87. The van der Waals surface area contributed by atoms with Crippen molar-refractivity contribution in [3.8, 4) is 10.4 Å². The van der Waals surface area contributed by atoms with Crippen molar-refractivity contribution in [2.75, 3.05) is 6.54 Å². The maximum absolute atomic E-state index is 13.8. The molecule has 39 heavy (non-hydrogen) atoms. The first kappa shape index (κ1) is 29.1. The van der Waals surface area contributed by atoms with Gasteiger partial charge in [0.1, 0.15) is 11.7 Å². The van der Waals surface area contributed by atoms with E-state index < -0.39 is 18.1 Å². The van der Waals surface area contributed by atoms with Crippen molar-refractivity contribution in [1.29, 1.82) is 0 Å². The summed E-state index contributed by atoms with van der Waals surface area (Å²) in [5, 5.41) is 24.2. The number of rotatable bonds is 9. The van der Waals surface area contributed by atoms with E-state index in [1.807, 2.05) is 71.9 Å². The number of aliphatic hydroxyl groups is 2. The highest BCUT2D eigenvalue weighted by Crippen LogP contribution is 2.35. The van der Waals surface area contributed by atoms with Crippen molar-refractivity contribution in [1.82, 2.24) is 15.0 Å². The molecule has 0 aliphatic carbocycles. The highest BCUT2D eigenvalue weighted by molar-refractivity contribution is 7.13. The Morgan fingerprint density at radius 3 is 2.46 bits per heavy atom. The van der Waals surface area contributed by atoms with Gasteiger partial charge in [-0.15, -0.1) is 11.3 Å². The first-order valence-corrected chi connectivity index (χ1v) is 14.4. The van der Waals surface area contributed by atoms with Crippen LogP contribution in [0.5, 0.6) is 0 Å². The van der Waals surface area contributed by atoms with Gasteiger partial charge in [-0.2, -0.15) is 0 Å². The van der Waals surface area contributed by atoms with Crippen LogP contribution in [0.15, 0.2) is 40.4 Å². The van der Waals surface area contributed by atoms with Gasteiger partial charge in [-0.1, -0.05) is 71.0 Å². The summed E-state index contributed by atoms with van der Waals surface area (Å²) in [6.45, 7) is 12.0. The summed E-state index contributed by atoms with van der Waals surface area (Å²) >= 11 is 1.48. The second kappa shape index (κ2) is 11.7. The van der Waals surface area contributed by atoms with Crippen LogP contribution >= 0.6 is 11.3 Å². The Balaban J connectivity index is 1.48. The quantitative estimate of drug-likeness (QED) is 0.381. The highest BCUT2D eigenvalue weighted by Gasteiger charge is 2.43. The number of ketones is 1. The van der Waals surface area contributed by atoms with E-state index in [9.17, 15) is 19.8 Å². The van der Waals surface area contributed by atoms with E-state index in [1.165, 1.54) is 11.3 Å². The molecule has 2 N–H and O–H groups in total. The molecule has 8 nitrogen and oxygen atoms in total. The Kier molecular flexibility index (Phi) is 8.73. The summed E-state index contributed by atoms with van der Waals surface area (Å²) in [4.78, 5) is 34.0. The van der Waals surface area contributed by atoms with Gasteiger partial charge in [-0.25, -0.2) is 4.98 Å². The van der Waals surface area contributed by atoms with Gasteiger partial charge >= 0.3 is 0 Å². The number of aromatic nitrogens is 2. The fourth-order valence-electron chi connectivity index (χ4n) is 5.20. The Morgan fingerprint density at radius 1 is 1.18 bits per heavy atom. The van der Waals surface area contributed by atoms with Gasteiger partial charge in [-0.3, -0.25) is 9.59 Å². The molecule has 4 unspecified atom stereocenters. The first-order valence-electron chi connectivity index (χ1n) is 13.5. The molecular formula is C30H39N3O5S. The van der Waals surface area contributed by atoms with E-state index in [-0.39, 0.29) is 54.9 Å². The first-order chi connectivity index (χ1) is 18.4. The van der Waals surface area contributed by atoms with E-state index in [1.54, 1.807) is 10.4 Å². The smallest absolute Gasteiger partial charge is 0.234 e. The molecule has 0 bridgehead atoms. The number of hydrogen-bond acceptors (Lipinski definition) is 8. The largest absolute Gasteiger partial charge is 0.391 e. The molecule has 4 atom stereocenters. The van der Waals surface area contributed by atoms with Crippen molar-refractivity contribution in [2.24, 2.45) is 5.92 Å². The molecule has 1 saturated heterocycles. The van der Waals surface area contributed by atoms with Gasteiger partial charge in [0.25, 0.3) is 0 Å². The van der Waals surface area contributed by atoms with Crippen LogP contribution in [0.2, 0.25) is 0 Å². The molecule has 3 heterocycles. The molecule has 4 rings (SSSR count). The third kappa shape index (κ3) is 6.31. The molecule has 2 aromatic heterocycles. The van der Waals surface area contributed by atoms with Crippen LogP contribution < -0.4 is 0 Å². The zero-order valence-electron chi connectivity index (χ0n) is 23.5. The molecule has 1 aliphatic heterocycles. The van der Waals surface area contributed by atoms with E-state index >= 15 is 0 Å². The maximum Gasteiger partial charge on any atom is 0.234 e. The van der Waals surface area contributed by atoms with Gasteiger partial charge < -0.3 is 19.6 Å². The summed E-state index contributed by atoms with van der Waals surface area (Å²) < 4.78 is 5.63. The molecule has 9 heteroatoms. The third-order valence-electron chi connectivity index (χ3n) is 7.51. The number of carbonyl (C=O) groups excluding carboxylic acids is 2.